The first-order valence-corrected chi connectivity index (χ1v) is 6.53. The maximum Gasteiger partial charge on any atom is 0.126 e. The summed E-state index contributed by atoms with van der Waals surface area (Å²) in [6.45, 7) is 2.01. The van der Waals surface area contributed by atoms with Crippen molar-refractivity contribution >= 4 is 17.4 Å². The van der Waals surface area contributed by atoms with E-state index >= 15 is 0 Å². The van der Waals surface area contributed by atoms with Gasteiger partial charge in [-0.25, -0.2) is 4.98 Å². The number of alkyl halides is 1. The Morgan fingerprint density at radius 3 is 2.88 bits per heavy atom. The molecule has 0 bridgehead atoms. The molecule has 1 fully saturated rings. The van der Waals surface area contributed by atoms with E-state index in [0.29, 0.717) is 6.04 Å². The van der Waals surface area contributed by atoms with Gasteiger partial charge < -0.3 is 5.32 Å². The van der Waals surface area contributed by atoms with Crippen LogP contribution in [-0.4, -0.2) is 16.4 Å². The molecule has 1 aliphatic carbocycles. The SMILES string of the molecule is Cc1cccc(NC2CCCCCC2Cl)n1. The van der Waals surface area contributed by atoms with Gasteiger partial charge in [-0.2, -0.15) is 0 Å². The molecule has 0 radical (unpaired) electrons. The molecule has 1 aromatic rings. The first-order chi connectivity index (χ1) is 7.75. The van der Waals surface area contributed by atoms with Crippen LogP contribution in [0.2, 0.25) is 0 Å². The monoisotopic (exact) mass is 238 g/mol. The summed E-state index contributed by atoms with van der Waals surface area (Å²) in [5, 5.41) is 3.71. The standard InChI is InChI=1S/C13H19ClN2/c1-10-6-5-9-13(15-10)16-12-8-4-2-3-7-11(12)14/h5-6,9,11-12H,2-4,7-8H2,1H3,(H,15,16). The van der Waals surface area contributed by atoms with E-state index in [-0.39, 0.29) is 5.38 Å². The van der Waals surface area contributed by atoms with Crippen LogP contribution >= 0.6 is 11.6 Å². The molecule has 3 heteroatoms. The quantitative estimate of drug-likeness (QED) is 0.627. The molecule has 2 nitrogen and oxygen atoms in total. The van der Waals surface area contributed by atoms with Crippen LogP contribution in [0.15, 0.2) is 18.2 Å². The summed E-state index contributed by atoms with van der Waals surface area (Å²) in [7, 11) is 0. The molecule has 1 saturated carbocycles. The molecule has 0 saturated heterocycles. The Balaban J connectivity index is 2.02. The number of hydrogen-bond acceptors (Lipinski definition) is 2. The summed E-state index contributed by atoms with van der Waals surface area (Å²) in [4.78, 5) is 4.46. The minimum atomic E-state index is 0.241. The van der Waals surface area contributed by atoms with Crippen molar-refractivity contribution in [3.8, 4) is 0 Å². The van der Waals surface area contributed by atoms with Crippen molar-refractivity contribution in [3.05, 3.63) is 23.9 Å². The van der Waals surface area contributed by atoms with Crippen molar-refractivity contribution in [2.45, 2.75) is 50.4 Å². The minimum absolute atomic E-state index is 0.241. The van der Waals surface area contributed by atoms with Gasteiger partial charge in [-0.1, -0.05) is 25.3 Å². The third-order valence-corrected chi connectivity index (χ3v) is 3.68. The van der Waals surface area contributed by atoms with Gasteiger partial charge in [-0.05, 0) is 31.9 Å². The van der Waals surface area contributed by atoms with Gasteiger partial charge >= 0.3 is 0 Å². The van der Waals surface area contributed by atoms with Gasteiger partial charge in [0.05, 0.1) is 5.38 Å². The molecule has 1 heterocycles. The lowest BCUT2D eigenvalue weighted by Gasteiger charge is -2.21. The second-order valence-corrected chi connectivity index (χ2v) is 5.13. The highest BCUT2D eigenvalue weighted by atomic mass is 35.5. The van der Waals surface area contributed by atoms with Crippen molar-refractivity contribution < 1.29 is 0 Å². The van der Waals surface area contributed by atoms with Crippen molar-refractivity contribution in [1.29, 1.82) is 0 Å². The fraction of sp³-hybridized carbons (Fsp3) is 0.615. The Kier molecular flexibility index (Phi) is 4.05. The van der Waals surface area contributed by atoms with E-state index in [1.807, 2.05) is 25.1 Å². The number of hydrogen-bond donors (Lipinski definition) is 1. The highest BCUT2D eigenvalue weighted by Crippen LogP contribution is 2.24. The summed E-state index contributed by atoms with van der Waals surface area (Å²) in [5.41, 5.74) is 1.05. The number of halogens is 1. The number of rotatable bonds is 2. The van der Waals surface area contributed by atoms with Gasteiger partial charge in [0.2, 0.25) is 0 Å². The third-order valence-electron chi connectivity index (χ3n) is 3.15. The smallest absolute Gasteiger partial charge is 0.126 e. The molecule has 0 spiro atoms. The molecule has 2 unspecified atom stereocenters. The van der Waals surface area contributed by atoms with Crippen LogP contribution in [0.4, 0.5) is 5.82 Å². The topological polar surface area (TPSA) is 24.9 Å². The summed E-state index contributed by atoms with van der Waals surface area (Å²) in [6, 6.07) is 6.43. The van der Waals surface area contributed by atoms with Gasteiger partial charge in [0.25, 0.3) is 0 Å². The Hall–Kier alpha value is -0.760. The van der Waals surface area contributed by atoms with Crippen molar-refractivity contribution in [2.75, 3.05) is 5.32 Å². The van der Waals surface area contributed by atoms with Gasteiger partial charge in [-0.3, -0.25) is 0 Å². The highest BCUT2D eigenvalue weighted by Gasteiger charge is 2.21. The maximum atomic E-state index is 6.39. The van der Waals surface area contributed by atoms with Crippen LogP contribution in [0.3, 0.4) is 0 Å². The lowest BCUT2D eigenvalue weighted by molar-refractivity contribution is 0.624. The number of nitrogens with one attached hydrogen (secondary N) is 1. The zero-order chi connectivity index (χ0) is 11.4. The molecular formula is C13H19ClN2. The van der Waals surface area contributed by atoms with Crippen LogP contribution < -0.4 is 5.32 Å². The predicted molar refractivity (Wildman–Crippen MR) is 69.1 cm³/mol. The van der Waals surface area contributed by atoms with E-state index in [1.165, 1.54) is 19.3 Å². The average Bonchev–Trinajstić information content (AvgIpc) is 2.45. The Bertz CT molecular complexity index is 340. The van der Waals surface area contributed by atoms with Gasteiger partial charge in [0.15, 0.2) is 0 Å². The van der Waals surface area contributed by atoms with Crippen LogP contribution in [0.1, 0.15) is 37.8 Å². The predicted octanol–water partition coefficient (Wildman–Crippen LogP) is 3.74. The first-order valence-electron chi connectivity index (χ1n) is 6.10. The van der Waals surface area contributed by atoms with Crippen LogP contribution in [0.5, 0.6) is 0 Å². The molecule has 16 heavy (non-hydrogen) atoms. The summed E-state index contributed by atoms with van der Waals surface area (Å²) < 4.78 is 0. The Labute approximate surface area is 102 Å². The Morgan fingerprint density at radius 2 is 2.06 bits per heavy atom. The third kappa shape index (κ3) is 3.11. The molecule has 88 valence electrons. The minimum Gasteiger partial charge on any atom is -0.366 e. The fourth-order valence-corrected chi connectivity index (χ4v) is 2.58. The molecule has 0 amide bonds. The number of pyridine rings is 1. The molecule has 1 aliphatic rings. The highest BCUT2D eigenvalue weighted by molar-refractivity contribution is 6.21. The van der Waals surface area contributed by atoms with E-state index in [9.17, 15) is 0 Å². The molecule has 0 aliphatic heterocycles. The van der Waals surface area contributed by atoms with E-state index in [2.05, 4.69) is 10.3 Å². The van der Waals surface area contributed by atoms with Crippen LogP contribution in [0.25, 0.3) is 0 Å². The zero-order valence-corrected chi connectivity index (χ0v) is 10.5. The zero-order valence-electron chi connectivity index (χ0n) is 9.75. The maximum absolute atomic E-state index is 6.39. The van der Waals surface area contributed by atoms with Gasteiger partial charge in [0, 0.05) is 11.7 Å². The lowest BCUT2D eigenvalue weighted by Crippen LogP contribution is -2.29. The van der Waals surface area contributed by atoms with E-state index in [1.54, 1.807) is 0 Å². The molecule has 2 atom stereocenters. The molecule has 1 aromatic heterocycles. The molecule has 0 aromatic carbocycles. The summed E-state index contributed by atoms with van der Waals surface area (Å²) in [6.07, 6.45) is 6.11. The van der Waals surface area contributed by atoms with Gasteiger partial charge in [-0.15, -0.1) is 11.6 Å². The van der Waals surface area contributed by atoms with E-state index in [4.69, 9.17) is 11.6 Å². The second-order valence-electron chi connectivity index (χ2n) is 4.57. The normalized spacial score (nSPS) is 26.1. The lowest BCUT2D eigenvalue weighted by atomic mass is 10.1. The van der Waals surface area contributed by atoms with Crippen LogP contribution in [0, 0.1) is 6.92 Å². The van der Waals surface area contributed by atoms with Crippen molar-refractivity contribution in [3.63, 3.8) is 0 Å². The van der Waals surface area contributed by atoms with Crippen molar-refractivity contribution in [2.24, 2.45) is 0 Å². The Morgan fingerprint density at radius 1 is 1.25 bits per heavy atom. The fourth-order valence-electron chi connectivity index (χ4n) is 2.24. The number of anilines is 1. The summed E-state index contributed by atoms with van der Waals surface area (Å²) in [5.74, 6) is 0.956. The molecule has 2 rings (SSSR count). The van der Waals surface area contributed by atoms with Gasteiger partial charge in [0.1, 0.15) is 5.82 Å². The van der Waals surface area contributed by atoms with Crippen molar-refractivity contribution in [1.82, 2.24) is 4.98 Å². The number of aromatic nitrogens is 1. The van der Waals surface area contributed by atoms with E-state index in [0.717, 1.165) is 24.4 Å². The second kappa shape index (κ2) is 5.53. The summed E-state index contributed by atoms with van der Waals surface area (Å²) >= 11 is 6.39. The number of aryl methyl sites for hydroxylation is 1. The van der Waals surface area contributed by atoms with Crippen LogP contribution in [-0.2, 0) is 0 Å². The average molecular weight is 239 g/mol. The number of nitrogens with zero attached hydrogens (tertiary/aromatic N) is 1. The largest absolute Gasteiger partial charge is 0.366 e. The molecular weight excluding hydrogens is 220 g/mol. The molecule has 1 N–H and O–H groups in total. The van der Waals surface area contributed by atoms with E-state index < -0.39 is 0 Å². The first kappa shape index (κ1) is 11.7.